The summed E-state index contributed by atoms with van der Waals surface area (Å²) in [4.78, 5) is 25.5. The van der Waals surface area contributed by atoms with Crippen LogP contribution in [0.25, 0.3) is 32.9 Å². The quantitative estimate of drug-likeness (QED) is 0.172. The van der Waals surface area contributed by atoms with E-state index in [1.54, 1.807) is 30.6 Å². The first-order chi connectivity index (χ1) is 25.3. The lowest BCUT2D eigenvalue weighted by Gasteiger charge is -2.43. The summed E-state index contributed by atoms with van der Waals surface area (Å²) in [5, 5.41) is 15.6. The number of nitriles is 1. The van der Waals surface area contributed by atoms with E-state index in [0.29, 0.717) is 39.4 Å². The highest BCUT2D eigenvalue weighted by atomic mass is 35.5. The zero-order valence-corrected chi connectivity index (χ0v) is 30.2. The van der Waals surface area contributed by atoms with Gasteiger partial charge < -0.3 is 19.5 Å². The Kier molecular flexibility index (Phi) is 7.58. The van der Waals surface area contributed by atoms with Gasteiger partial charge in [0, 0.05) is 89.0 Å². The van der Waals surface area contributed by atoms with Gasteiger partial charge >= 0.3 is 0 Å². The number of halogens is 3. The van der Waals surface area contributed by atoms with Crippen molar-refractivity contribution in [3.8, 4) is 22.9 Å². The van der Waals surface area contributed by atoms with Crippen molar-refractivity contribution in [3.63, 3.8) is 0 Å². The highest BCUT2D eigenvalue weighted by Gasteiger charge is 2.58. The molecule has 5 aromatic rings. The van der Waals surface area contributed by atoms with Gasteiger partial charge in [-0.3, -0.25) is 9.78 Å². The average Bonchev–Trinajstić information content (AvgIpc) is 3.51. The number of amides is 1. The molecule has 3 saturated heterocycles. The Labute approximate surface area is 310 Å². The molecule has 52 heavy (non-hydrogen) atoms. The molecule has 3 aromatic heterocycles. The van der Waals surface area contributed by atoms with Crippen molar-refractivity contribution >= 4 is 50.9 Å². The van der Waals surface area contributed by atoms with Crippen LogP contribution in [0.2, 0.25) is 10.0 Å². The number of nitrogens with zero attached hydrogens (tertiary/aromatic N) is 5. The minimum Gasteiger partial charge on any atom is -0.490 e. The van der Waals surface area contributed by atoms with Crippen molar-refractivity contribution in [2.45, 2.75) is 82.1 Å². The molecular weight excluding hydrogens is 698 g/mol. The van der Waals surface area contributed by atoms with E-state index in [9.17, 15) is 10.1 Å². The number of carbonyl (C=O) groups is 1. The molecule has 1 N–H and O–H groups in total. The van der Waals surface area contributed by atoms with Crippen molar-refractivity contribution in [3.05, 3.63) is 87.7 Å². The fraction of sp³-hybridized carbons (Fsp3) is 0.415. The SMILES string of the molecule is Cc1nc2c(F)c(-c3cccc(Cl)c3Cl)c(CCC#N)cc2c2c1cc([C@H]1[C@H]3C[C@H](C[C@@H]3Oc3ccncc3)N1C(=O)C1CC1)n2[C@H]1[C@H]2CN[C@@H]1C2. The van der Waals surface area contributed by atoms with E-state index in [0.717, 1.165) is 66.7 Å². The number of benzene rings is 2. The van der Waals surface area contributed by atoms with Gasteiger partial charge in [-0.05, 0) is 80.8 Å². The zero-order valence-electron chi connectivity index (χ0n) is 28.7. The smallest absolute Gasteiger partial charge is 0.226 e. The van der Waals surface area contributed by atoms with Crippen LogP contribution in [0.3, 0.4) is 0 Å². The van der Waals surface area contributed by atoms with Crippen LogP contribution in [0.5, 0.6) is 5.75 Å². The summed E-state index contributed by atoms with van der Waals surface area (Å²) in [6, 6.07) is 15.9. The highest BCUT2D eigenvalue weighted by Crippen LogP contribution is 2.57. The van der Waals surface area contributed by atoms with Crippen LogP contribution in [-0.4, -0.2) is 50.1 Å². The van der Waals surface area contributed by atoms with Crippen LogP contribution in [0, 0.1) is 41.8 Å². The Morgan fingerprint density at radius 1 is 1.12 bits per heavy atom. The van der Waals surface area contributed by atoms with Crippen LogP contribution in [-0.2, 0) is 11.2 Å². The van der Waals surface area contributed by atoms with Gasteiger partial charge in [0.15, 0.2) is 5.82 Å². The second-order valence-electron chi connectivity index (χ2n) is 15.4. The molecule has 7 atom stereocenters. The molecule has 1 amide bonds. The highest BCUT2D eigenvalue weighted by molar-refractivity contribution is 6.43. The number of aryl methyl sites for hydroxylation is 2. The number of fused-ring (bicyclic) bond motifs is 6. The molecule has 3 aliphatic heterocycles. The maximum Gasteiger partial charge on any atom is 0.226 e. The van der Waals surface area contributed by atoms with E-state index in [4.69, 9.17) is 32.9 Å². The van der Waals surface area contributed by atoms with Gasteiger partial charge in [-0.25, -0.2) is 9.37 Å². The topological polar surface area (TPSA) is 96.1 Å². The van der Waals surface area contributed by atoms with Crippen LogP contribution in [0.4, 0.5) is 4.39 Å². The lowest BCUT2D eigenvalue weighted by Crippen LogP contribution is -2.48. The summed E-state index contributed by atoms with van der Waals surface area (Å²) >= 11 is 13.1. The number of hydrogen-bond acceptors (Lipinski definition) is 6. The second kappa shape index (κ2) is 12.2. The van der Waals surface area contributed by atoms with Crippen LogP contribution < -0.4 is 10.1 Å². The molecule has 0 radical (unpaired) electrons. The van der Waals surface area contributed by atoms with E-state index < -0.39 is 5.82 Å². The Morgan fingerprint density at radius 2 is 1.94 bits per heavy atom. The fourth-order valence-electron chi connectivity index (χ4n) is 10.0. The Balaban J connectivity index is 1.21. The molecule has 2 aromatic carbocycles. The Hall–Kier alpha value is -4.23. The summed E-state index contributed by atoms with van der Waals surface area (Å²) in [5.41, 5.74) is 4.51. The van der Waals surface area contributed by atoms with Gasteiger partial charge in [-0.2, -0.15) is 5.26 Å². The minimum absolute atomic E-state index is 0.0562. The summed E-state index contributed by atoms with van der Waals surface area (Å²) in [6.45, 7) is 2.87. The van der Waals surface area contributed by atoms with E-state index in [1.165, 1.54) is 0 Å². The normalized spacial score (nSPS) is 27.4. The fourth-order valence-corrected chi connectivity index (χ4v) is 10.4. The molecule has 8 nitrogen and oxygen atoms in total. The van der Waals surface area contributed by atoms with Crippen molar-refractivity contribution in [2.24, 2.45) is 17.8 Å². The van der Waals surface area contributed by atoms with Crippen molar-refractivity contribution in [1.82, 2.24) is 24.8 Å². The molecule has 4 bridgehead atoms. The number of nitrogens with one attached hydrogen (secondary N) is 1. The summed E-state index contributed by atoms with van der Waals surface area (Å²) < 4.78 is 26.4. The maximum absolute atomic E-state index is 17.3. The second-order valence-corrected chi connectivity index (χ2v) is 16.2. The van der Waals surface area contributed by atoms with Crippen LogP contribution in [0.1, 0.15) is 67.6 Å². The molecule has 3 saturated carbocycles. The van der Waals surface area contributed by atoms with E-state index in [1.807, 2.05) is 25.1 Å². The predicted molar refractivity (Wildman–Crippen MR) is 198 cm³/mol. The number of carbonyl (C=O) groups excluding carboxylic acids is 1. The molecule has 6 aliphatic rings. The molecule has 11 rings (SSSR count). The summed E-state index contributed by atoms with van der Waals surface area (Å²) in [7, 11) is 0. The molecule has 0 unspecified atom stereocenters. The molecular formula is C41H37Cl2FN6O2. The number of hydrogen-bond donors (Lipinski definition) is 1. The largest absolute Gasteiger partial charge is 0.490 e. The lowest BCUT2D eigenvalue weighted by atomic mass is 9.79. The third-order valence-electron chi connectivity index (χ3n) is 12.5. The maximum atomic E-state index is 17.3. The molecule has 3 aliphatic carbocycles. The first-order valence-corrected chi connectivity index (χ1v) is 19.2. The molecule has 6 heterocycles. The van der Waals surface area contributed by atoms with Gasteiger partial charge in [-0.15, -0.1) is 0 Å². The molecule has 11 heteroatoms. The standard InChI is InChI=1S/C41H37Cl2FN6O2/c1-20-27-18-32(40-28-16-24(49(40)41(51)21-7-8-21)17-33(28)52-25-9-12-46-13-10-25)50(38-23-15-31(38)47-19-23)39(27)29-14-22(4-3-11-45)34(36(44)37(29)48-20)26-5-2-6-30(42)35(26)43/h2,5-6,9-10,12-14,18,21,23-24,28,31,33,38,40,47H,3-4,7-8,15-17,19H2,1H3/t23-,24-,28+,31-,33+,38+,40-/m1/s1. The summed E-state index contributed by atoms with van der Waals surface area (Å²) in [5.74, 6) is 1.16. The molecule has 6 fully saturated rings. The summed E-state index contributed by atoms with van der Waals surface area (Å²) in [6.07, 6.45) is 8.62. The van der Waals surface area contributed by atoms with Crippen molar-refractivity contribution in [2.75, 3.05) is 6.54 Å². The molecule has 264 valence electrons. The number of aromatic nitrogens is 3. The third-order valence-corrected chi connectivity index (χ3v) is 13.3. The monoisotopic (exact) mass is 734 g/mol. The number of ether oxygens (including phenoxy) is 1. The minimum atomic E-state index is -0.472. The van der Waals surface area contributed by atoms with Gasteiger partial charge in [-0.1, -0.05) is 35.3 Å². The number of rotatable bonds is 8. The zero-order chi connectivity index (χ0) is 35.4. The van der Waals surface area contributed by atoms with E-state index in [2.05, 4.69) is 31.9 Å². The van der Waals surface area contributed by atoms with Crippen LogP contribution in [0.15, 0.2) is 54.9 Å². The first-order valence-electron chi connectivity index (χ1n) is 18.4. The van der Waals surface area contributed by atoms with Gasteiger partial charge in [0.05, 0.1) is 33.7 Å². The number of piperidine rings is 1. The average molecular weight is 736 g/mol. The van der Waals surface area contributed by atoms with Gasteiger partial charge in [0.25, 0.3) is 0 Å². The van der Waals surface area contributed by atoms with Gasteiger partial charge in [0.1, 0.15) is 17.4 Å². The van der Waals surface area contributed by atoms with E-state index in [-0.39, 0.29) is 65.0 Å². The lowest BCUT2D eigenvalue weighted by molar-refractivity contribution is -0.138. The molecule has 0 spiro atoms. The van der Waals surface area contributed by atoms with Gasteiger partial charge in [0.2, 0.25) is 5.91 Å². The first kappa shape index (κ1) is 32.4. The predicted octanol–water partition coefficient (Wildman–Crippen LogP) is 8.51. The Bertz CT molecular complexity index is 2320. The van der Waals surface area contributed by atoms with Crippen molar-refractivity contribution < 1.29 is 13.9 Å². The van der Waals surface area contributed by atoms with Crippen LogP contribution >= 0.6 is 23.2 Å². The Morgan fingerprint density at radius 3 is 2.67 bits per heavy atom. The number of pyridine rings is 2. The third kappa shape index (κ3) is 4.83. The van der Waals surface area contributed by atoms with Crippen molar-refractivity contribution in [1.29, 1.82) is 5.26 Å². The van der Waals surface area contributed by atoms with E-state index >= 15 is 4.39 Å². The number of likely N-dealkylation sites (tertiary alicyclic amines) is 1.